The molecule has 2 aromatic heterocycles. The third kappa shape index (κ3) is 4.60. The number of hydrogen-bond acceptors (Lipinski definition) is 5. The van der Waals surface area contributed by atoms with E-state index in [1.54, 1.807) is 18.2 Å². The van der Waals surface area contributed by atoms with Gasteiger partial charge in [-0.05, 0) is 42.0 Å². The van der Waals surface area contributed by atoms with Crippen LogP contribution in [-0.2, 0) is 6.61 Å². The molecular formula is C25H18BrN5O3. The molecule has 0 saturated heterocycles. The first-order chi connectivity index (χ1) is 16.6. The van der Waals surface area contributed by atoms with Gasteiger partial charge in [0.05, 0.1) is 11.2 Å². The van der Waals surface area contributed by atoms with E-state index >= 15 is 0 Å². The molecular weight excluding hydrogens is 498 g/mol. The highest BCUT2D eigenvalue weighted by atomic mass is 79.9. The Labute approximate surface area is 202 Å². The number of carbonyl (C=O) groups excluding carboxylic acids is 1. The van der Waals surface area contributed by atoms with Crippen LogP contribution in [0.2, 0.25) is 0 Å². The fourth-order valence-corrected chi connectivity index (χ4v) is 3.81. The fraction of sp³-hybridized carbons (Fsp3) is 0.0400. The molecule has 3 aromatic carbocycles. The van der Waals surface area contributed by atoms with Crippen LogP contribution in [0.15, 0.2) is 93.6 Å². The smallest absolute Gasteiger partial charge is 0.313 e. The van der Waals surface area contributed by atoms with Gasteiger partial charge >= 0.3 is 5.91 Å². The fourth-order valence-electron chi connectivity index (χ4n) is 3.45. The Bertz CT molecular complexity index is 1510. The molecule has 8 nitrogen and oxygen atoms in total. The number of fused-ring (bicyclic) bond motifs is 1. The third-order valence-corrected chi connectivity index (χ3v) is 5.63. The Hall–Kier alpha value is -4.24. The van der Waals surface area contributed by atoms with Gasteiger partial charge in [-0.3, -0.25) is 9.89 Å². The van der Waals surface area contributed by atoms with Crippen LogP contribution in [0.5, 0.6) is 11.6 Å². The maximum absolute atomic E-state index is 12.6. The number of carbonyl (C=O) groups is 1. The minimum Gasteiger partial charge on any atom is -0.493 e. The predicted molar refractivity (Wildman–Crippen MR) is 131 cm³/mol. The molecule has 0 aliphatic heterocycles. The van der Waals surface area contributed by atoms with Crippen molar-refractivity contribution >= 4 is 38.4 Å². The minimum atomic E-state index is -0.612. The summed E-state index contributed by atoms with van der Waals surface area (Å²) in [5, 5.41) is 25.4. The van der Waals surface area contributed by atoms with Gasteiger partial charge in [-0.15, -0.1) is 10.2 Å². The molecule has 168 valence electrons. The maximum Gasteiger partial charge on any atom is 0.313 e. The van der Waals surface area contributed by atoms with Crippen molar-refractivity contribution in [2.45, 2.75) is 6.61 Å². The van der Waals surface area contributed by atoms with Crippen molar-refractivity contribution < 1.29 is 14.6 Å². The zero-order valence-corrected chi connectivity index (χ0v) is 19.3. The number of hydrogen-bond donors (Lipinski definition) is 3. The van der Waals surface area contributed by atoms with Gasteiger partial charge in [0, 0.05) is 15.4 Å². The Kier molecular flexibility index (Phi) is 5.92. The van der Waals surface area contributed by atoms with Gasteiger partial charge < -0.3 is 14.8 Å². The monoisotopic (exact) mass is 515 g/mol. The predicted octanol–water partition coefficient (Wildman–Crippen LogP) is 6.53. The average Bonchev–Trinajstić information content (AvgIpc) is 3.47. The van der Waals surface area contributed by atoms with Crippen LogP contribution < -0.4 is 4.74 Å². The number of ether oxygens (including phenoxy) is 1. The number of aromatic hydroxyl groups is 1. The van der Waals surface area contributed by atoms with Gasteiger partial charge in [0.25, 0.3) is 0 Å². The first-order valence-corrected chi connectivity index (χ1v) is 11.1. The topological polar surface area (TPSA) is 116 Å². The highest BCUT2D eigenvalue weighted by Crippen LogP contribution is 2.37. The number of amides is 1. The molecule has 5 aromatic rings. The molecule has 2 heterocycles. The molecule has 9 heteroatoms. The molecule has 0 atom stereocenters. The molecule has 0 unspecified atom stereocenters. The highest BCUT2D eigenvalue weighted by molar-refractivity contribution is 9.10. The second-order valence-corrected chi connectivity index (χ2v) is 8.40. The van der Waals surface area contributed by atoms with Gasteiger partial charge in [0.2, 0.25) is 5.88 Å². The van der Waals surface area contributed by atoms with Crippen LogP contribution in [0.25, 0.3) is 22.2 Å². The van der Waals surface area contributed by atoms with Crippen LogP contribution in [0.4, 0.5) is 5.69 Å². The van der Waals surface area contributed by atoms with E-state index < -0.39 is 5.91 Å². The summed E-state index contributed by atoms with van der Waals surface area (Å²) in [6.07, 6.45) is 0. The third-order valence-electron chi connectivity index (χ3n) is 5.14. The van der Waals surface area contributed by atoms with Gasteiger partial charge in [-0.2, -0.15) is 5.10 Å². The SMILES string of the molecule is O=C(N=Nc1c(O)[nH]c2ccc(Br)cc12)c1cc(-c2cccc(OCc3ccccc3)c2)n[nH]1. The van der Waals surface area contributed by atoms with Crippen LogP contribution in [0, 0.1) is 0 Å². The van der Waals surface area contributed by atoms with E-state index in [-0.39, 0.29) is 17.3 Å². The Morgan fingerprint density at radius 3 is 2.74 bits per heavy atom. The Morgan fingerprint density at radius 2 is 1.88 bits per heavy atom. The maximum atomic E-state index is 12.6. The quantitative estimate of drug-likeness (QED) is 0.223. The van der Waals surface area contributed by atoms with E-state index in [9.17, 15) is 9.90 Å². The summed E-state index contributed by atoms with van der Waals surface area (Å²) >= 11 is 3.39. The van der Waals surface area contributed by atoms with Crippen molar-refractivity contribution in [1.29, 1.82) is 0 Å². The number of H-pyrrole nitrogens is 2. The number of aromatic nitrogens is 3. The number of rotatable bonds is 6. The average molecular weight is 516 g/mol. The molecule has 0 aliphatic carbocycles. The highest BCUT2D eigenvalue weighted by Gasteiger charge is 2.14. The van der Waals surface area contributed by atoms with Crippen LogP contribution in [0.3, 0.4) is 0 Å². The molecule has 0 aliphatic rings. The Balaban J connectivity index is 1.32. The molecule has 0 fully saturated rings. The number of halogens is 1. The first-order valence-electron chi connectivity index (χ1n) is 10.4. The molecule has 0 spiro atoms. The summed E-state index contributed by atoms with van der Waals surface area (Å²) in [5.74, 6) is -0.0841. The zero-order valence-electron chi connectivity index (χ0n) is 17.7. The first kappa shape index (κ1) is 21.6. The summed E-state index contributed by atoms with van der Waals surface area (Å²) in [6, 6.07) is 24.4. The van der Waals surface area contributed by atoms with Gasteiger partial charge in [0.1, 0.15) is 18.1 Å². The standard InChI is InChI=1S/C25H18BrN5O3/c26-17-9-10-20-19(12-17)23(25(33)27-20)30-31-24(32)22-13-21(28-29-22)16-7-4-8-18(11-16)34-14-15-5-2-1-3-6-15/h1-13,27,33H,14H2,(H,28,29). The zero-order chi connectivity index (χ0) is 23.5. The van der Waals surface area contributed by atoms with Crippen molar-refractivity contribution in [3.05, 3.63) is 94.6 Å². The van der Waals surface area contributed by atoms with Gasteiger partial charge in [-0.1, -0.05) is 58.4 Å². The van der Waals surface area contributed by atoms with Crippen molar-refractivity contribution in [1.82, 2.24) is 15.2 Å². The number of nitrogens with one attached hydrogen (secondary N) is 2. The van der Waals surface area contributed by atoms with Crippen LogP contribution >= 0.6 is 15.9 Å². The van der Waals surface area contributed by atoms with E-state index in [0.29, 0.717) is 29.0 Å². The lowest BCUT2D eigenvalue weighted by molar-refractivity contribution is 0.0990. The number of nitrogens with zero attached hydrogens (tertiary/aromatic N) is 3. The van der Waals surface area contributed by atoms with E-state index in [4.69, 9.17) is 4.74 Å². The van der Waals surface area contributed by atoms with Crippen molar-refractivity contribution in [2.75, 3.05) is 0 Å². The molecule has 0 radical (unpaired) electrons. The number of benzene rings is 3. The molecule has 0 saturated carbocycles. The van der Waals surface area contributed by atoms with Gasteiger partial charge in [-0.25, -0.2) is 0 Å². The summed E-state index contributed by atoms with van der Waals surface area (Å²) in [5.41, 5.74) is 3.47. The summed E-state index contributed by atoms with van der Waals surface area (Å²) in [7, 11) is 0. The number of azo groups is 1. The lowest BCUT2D eigenvalue weighted by Gasteiger charge is -2.07. The molecule has 5 rings (SSSR count). The van der Waals surface area contributed by atoms with Crippen molar-refractivity contribution in [3.63, 3.8) is 0 Å². The summed E-state index contributed by atoms with van der Waals surface area (Å²) in [6.45, 7) is 0.451. The normalized spacial score (nSPS) is 11.3. The Morgan fingerprint density at radius 1 is 1.03 bits per heavy atom. The molecule has 3 N–H and O–H groups in total. The molecule has 0 bridgehead atoms. The van der Waals surface area contributed by atoms with Crippen LogP contribution in [-0.4, -0.2) is 26.2 Å². The largest absolute Gasteiger partial charge is 0.493 e. The van der Waals surface area contributed by atoms with E-state index in [1.165, 1.54) is 0 Å². The molecule has 1 amide bonds. The minimum absolute atomic E-state index is 0.165. The molecule has 34 heavy (non-hydrogen) atoms. The lowest BCUT2D eigenvalue weighted by atomic mass is 10.1. The van der Waals surface area contributed by atoms with Crippen LogP contribution in [0.1, 0.15) is 16.1 Å². The van der Waals surface area contributed by atoms with E-state index in [2.05, 4.69) is 41.3 Å². The number of aromatic amines is 2. The summed E-state index contributed by atoms with van der Waals surface area (Å²) < 4.78 is 6.69. The van der Waals surface area contributed by atoms with Gasteiger partial charge in [0.15, 0.2) is 5.69 Å². The second kappa shape index (κ2) is 9.32. The van der Waals surface area contributed by atoms with Crippen molar-refractivity contribution in [3.8, 4) is 22.9 Å². The van der Waals surface area contributed by atoms with E-state index in [0.717, 1.165) is 15.6 Å². The second-order valence-electron chi connectivity index (χ2n) is 7.49. The van der Waals surface area contributed by atoms with E-state index in [1.807, 2.05) is 60.7 Å². The lowest BCUT2D eigenvalue weighted by Crippen LogP contribution is -1.95. The van der Waals surface area contributed by atoms with Crippen molar-refractivity contribution in [2.24, 2.45) is 10.2 Å². The summed E-state index contributed by atoms with van der Waals surface area (Å²) in [4.78, 5) is 15.4.